The first-order valence-corrected chi connectivity index (χ1v) is 12.1. The van der Waals surface area contributed by atoms with Crippen LogP contribution >= 0.6 is 0 Å². The van der Waals surface area contributed by atoms with Gasteiger partial charge in [0.05, 0.1) is 13.2 Å². The zero-order valence-electron chi connectivity index (χ0n) is 19.0. The second-order valence-electron chi connectivity index (χ2n) is 9.36. The molecule has 0 aromatic heterocycles. The average molecular weight is 449 g/mol. The molecule has 33 heavy (non-hydrogen) atoms. The van der Waals surface area contributed by atoms with Crippen molar-refractivity contribution in [2.24, 2.45) is 5.92 Å². The third-order valence-electron chi connectivity index (χ3n) is 7.29. The highest BCUT2D eigenvalue weighted by Crippen LogP contribution is 2.39. The number of hydrogen-bond donors (Lipinski definition) is 0. The molecule has 5 rings (SSSR count). The molecule has 3 aliphatic rings. The number of amides is 1. The monoisotopic (exact) mass is 448 g/mol. The normalized spacial score (nSPS) is 24.9. The van der Waals surface area contributed by atoms with Crippen LogP contribution in [0.3, 0.4) is 0 Å². The maximum atomic E-state index is 13.3. The molecule has 2 atom stereocenters. The summed E-state index contributed by atoms with van der Waals surface area (Å²) >= 11 is 0. The maximum absolute atomic E-state index is 13.3. The van der Waals surface area contributed by atoms with Crippen LogP contribution in [0.4, 0.5) is 10.5 Å². The van der Waals surface area contributed by atoms with Crippen LogP contribution in [0.25, 0.3) is 0 Å². The second-order valence-corrected chi connectivity index (χ2v) is 9.36. The molecule has 3 fully saturated rings. The number of rotatable bonds is 5. The summed E-state index contributed by atoms with van der Waals surface area (Å²) < 4.78 is 11.1. The van der Waals surface area contributed by atoms with Gasteiger partial charge in [0.25, 0.3) is 0 Å². The van der Waals surface area contributed by atoms with Gasteiger partial charge < -0.3 is 19.3 Å². The number of ether oxygens (including phenoxy) is 2. The molecule has 0 radical (unpaired) electrons. The van der Waals surface area contributed by atoms with Gasteiger partial charge in [-0.15, -0.1) is 0 Å². The Kier molecular flexibility index (Phi) is 6.63. The Morgan fingerprint density at radius 1 is 0.909 bits per heavy atom. The summed E-state index contributed by atoms with van der Waals surface area (Å²) in [5, 5.41) is 0. The molecule has 1 amide bonds. The van der Waals surface area contributed by atoms with Crippen molar-refractivity contribution >= 4 is 17.6 Å². The first-order chi connectivity index (χ1) is 16.2. The van der Waals surface area contributed by atoms with Crippen LogP contribution in [0.15, 0.2) is 54.6 Å². The molecule has 2 unspecified atom stereocenters. The maximum Gasteiger partial charge on any atom is 0.410 e. The third-order valence-corrected chi connectivity index (χ3v) is 7.29. The van der Waals surface area contributed by atoms with Crippen LogP contribution in [0, 0.1) is 5.92 Å². The van der Waals surface area contributed by atoms with E-state index < -0.39 is 0 Å². The molecule has 3 aliphatic heterocycles. The summed E-state index contributed by atoms with van der Waals surface area (Å²) in [7, 11) is 0. The lowest BCUT2D eigenvalue weighted by molar-refractivity contribution is 0.00473. The number of benzene rings is 2. The molecule has 3 saturated heterocycles. The highest BCUT2D eigenvalue weighted by molar-refractivity contribution is 5.98. The van der Waals surface area contributed by atoms with E-state index >= 15 is 0 Å². The molecule has 6 heteroatoms. The topological polar surface area (TPSA) is 59.1 Å². The van der Waals surface area contributed by atoms with Gasteiger partial charge in [0.2, 0.25) is 0 Å². The number of fused-ring (bicyclic) bond motifs is 2. The lowest BCUT2D eigenvalue weighted by Crippen LogP contribution is -2.55. The first-order valence-electron chi connectivity index (χ1n) is 12.1. The quantitative estimate of drug-likeness (QED) is 0.622. The van der Waals surface area contributed by atoms with Crippen LogP contribution in [-0.4, -0.2) is 55.2 Å². The van der Waals surface area contributed by atoms with E-state index in [2.05, 4.69) is 17.0 Å². The molecule has 2 bridgehead atoms. The molecule has 0 saturated carbocycles. The number of carbonyl (C=O) groups is 2. The predicted molar refractivity (Wildman–Crippen MR) is 126 cm³/mol. The fraction of sp³-hybridized carbons (Fsp3) is 0.481. The largest absolute Gasteiger partial charge is 0.445 e. The highest BCUT2D eigenvalue weighted by atomic mass is 16.6. The van der Waals surface area contributed by atoms with E-state index in [0.29, 0.717) is 0 Å². The Morgan fingerprint density at radius 2 is 1.58 bits per heavy atom. The van der Waals surface area contributed by atoms with Crippen LogP contribution < -0.4 is 4.90 Å². The van der Waals surface area contributed by atoms with E-state index in [1.54, 1.807) is 0 Å². The molecule has 0 N–H and O–H groups in total. The lowest BCUT2D eigenvalue weighted by atomic mass is 9.76. The van der Waals surface area contributed by atoms with Gasteiger partial charge in [0, 0.05) is 42.3 Å². The van der Waals surface area contributed by atoms with Crippen molar-refractivity contribution in [1.29, 1.82) is 0 Å². The second kappa shape index (κ2) is 9.96. The zero-order valence-corrected chi connectivity index (χ0v) is 19.0. The van der Waals surface area contributed by atoms with Gasteiger partial charge in [-0.05, 0) is 61.9 Å². The average Bonchev–Trinajstić information content (AvgIpc) is 2.87. The van der Waals surface area contributed by atoms with E-state index in [1.807, 2.05) is 47.4 Å². The zero-order chi connectivity index (χ0) is 22.6. The Morgan fingerprint density at radius 3 is 2.24 bits per heavy atom. The van der Waals surface area contributed by atoms with Gasteiger partial charge in [0.15, 0.2) is 5.78 Å². The van der Waals surface area contributed by atoms with E-state index in [0.717, 1.165) is 75.2 Å². The first kappa shape index (κ1) is 22.0. The minimum Gasteiger partial charge on any atom is -0.445 e. The number of carbonyl (C=O) groups excluding carboxylic acids is 2. The molecule has 2 aromatic rings. The Balaban J connectivity index is 1.22. The van der Waals surface area contributed by atoms with Crippen LogP contribution in [-0.2, 0) is 16.1 Å². The fourth-order valence-electron chi connectivity index (χ4n) is 5.58. The molecule has 174 valence electrons. The van der Waals surface area contributed by atoms with Gasteiger partial charge in [0.1, 0.15) is 6.61 Å². The predicted octanol–water partition coefficient (Wildman–Crippen LogP) is 4.68. The highest BCUT2D eigenvalue weighted by Gasteiger charge is 2.43. The molecule has 0 spiro atoms. The number of nitrogens with zero attached hydrogens (tertiary/aromatic N) is 2. The SMILES string of the molecule is O=C(c1ccc(N2CCOCC2)cc1)C1CC2CCCC(C1)N2C(=O)OCc1ccccc1. The molecule has 2 aromatic carbocycles. The van der Waals surface area contributed by atoms with Crippen molar-refractivity contribution in [2.75, 3.05) is 31.2 Å². The number of Topliss-reactive ketones (excluding diaryl/α,β-unsaturated/α-hetero) is 1. The third kappa shape index (κ3) is 4.91. The summed E-state index contributed by atoms with van der Waals surface area (Å²) in [5.41, 5.74) is 2.90. The number of hydrogen-bond acceptors (Lipinski definition) is 5. The number of morpholine rings is 1. The van der Waals surface area contributed by atoms with Crippen molar-refractivity contribution in [3.05, 3.63) is 65.7 Å². The molecule has 3 heterocycles. The van der Waals surface area contributed by atoms with E-state index in [-0.39, 0.29) is 36.5 Å². The minimum atomic E-state index is -0.241. The van der Waals surface area contributed by atoms with E-state index in [4.69, 9.17) is 9.47 Å². The summed E-state index contributed by atoms with van der Waals surface area (Å²) in [6.07, 6.45) is 4.19. The Hall–Kier alpha value is -2.86. The van der Waals surface area contributed by atoms with Crippen molar-refractivity contribution < 1.29 is 19.1 Å². The van der Waals surface area contributed by atoms with Crippen molar-refractivity contribution in [1.82, 2.24) is 4.90 Å². The van der Waals surface area contributed by atoms with Gasteiger partial charge in [-0.1, -0.05) is 30.3 Å². The molecular weight excluding hydrogens is 416 g/mol. The molecule has 0 aliphatic carbocycles. The summed E-state index contributed by atoms with van der Waals surface area (Å²) in [4.78, 5) is 30.5. The standard InChI is InChI=1S/C27H32N2O4/c30-26(21-9-11-23(12-10-21)28-13-15-32-16-14-28)22-17-24-7-4-8-25(18-22)29(24)27(31)33-19-20-5-2-1-3-6-20/h1-3,5-6,9-12,22,24-25H,4,7-8,13-19H2. The summed E-state index contributed by atoms with van der Waals surface area (Å²) in [6.45, 7) is 3.55. The van der Waals surface area contributed by atoms with Crippen molar-refractivity contribution in [3.63, 3.8) is 0 Å². The van der Waals surface area contributed by atoms with Gasteiger partial charge in [-0.2, -0.15) is 0 Å². The Labute approximate surface area is 195 Å². The van der Waals surface area contributed by atoms with Crippen LogP contribution in [0.2, 0.25) is 0 Å². The summed E-state index contributed by atoms with van der Waals surface area (Å²) in [6, 6.07) is 18.0. The van der Waals surface area contributed by atoms with E-state index in [1.165, 1.54) is 0 Å². The lowest BCUT2D eigenvalue weighted by Gasteiger charge is -2.47. The minimum absolute atomic E-state index is 0.0345. The summed E-state index contributed by atoms with van der Waals surface area (Å²) in [5.74, 6) is 0.172. The fourth-order valence-corrected chi connectivity index (χ4v) is 5.58. The van der Waals surface area contributed by atoms with Gasteiger partial charge in [-0.3, -0.25) is 4.79 Å². The van der Waals surface area contributed by atoms with Crippen molar-refractivity contribution in [3.8, 4) is 0 Å². The van der Waals surface area contributed by atoms with Crippen LogP contribution in [0.5, 0.6) is 0 Å². The number of ketones is 1. The smallest absolute Gasteiger partial charge is 0.410 e. The van der Waals surface area contributed by atoms with Crippen LogP contribution in [0.1, 0.15) is 48.0 Å². The number of anilines is 1. The van der Waals surface area contributed by atoms with E-state index in [9.17, 15) is 9.59 Å². The molecular formula is C27H32N2O4. The van der Waals surface area contributed by atoms with Crippen molar-refractivity contribution in [2.45, 2.75) is 50.8 Å². The number of piperidine rings is 2. The van der Waals surface area contributed by atoms with Gasteiger partial charge in [-0.25, -0.2) is 4.79 Å². The Bertz CT molecular complexity index is 942. The molecule has 6 nitrogen and oxygen atoms in total. The van der Waals surface area contributed by atoms with Gasteiger partial charge >= 0.3 is 6.09 Å².